The minimum atomic E-state index is -0.301. The van der Waals surface area contributed by atoms with E-state index < -0.39 is 0 Å². The van der Waals surface area contributed by atoms with Crippen LogP contribution in [-0.2, 0) is 6.42 Å². The van der Waals surface area contributed by atoms with Gasteiger partial charge in [-0.1, -0.05) is 11.6 Å². The van der Waals surface area contributed by atoms with Gasteiger partial charge in [-0.3, -0.25) is 0 Å². The summed E-state index contributed by atoms with van der Waals surface area (Å²) in [5.41, 5.74) is 0. The van der Waals surface area contributed by atoms with Crippen molar-refractivity contribution in [3.63, 3.8) is 0 Å². The van der Waals surface area contributed by atoms with E-state index in [2.05, 4.69) is 0 Å². The van der Waals surface area contributed by atoms with Gasteiger partial charge < -0.3 is 10.0 Å². The Morgan fingerprint density at radius 1 is 1.54 bits per heavy atom. The molecule has 0 saturated carbocycles. The molecule has 4 heteroatoms. The summed E-state index contributed by atoms with van der Waals surface area (Å²) in [6.07, 6.45) is 0.389. The molecule has 1 rings (SSSR count). The van der Waals surface area contributed by atoms with Crippen molar-refractivity contribution in [1.82, 2.24) is 4.90 Å². The van der Waals surface area contributed by atoms with Crippen molar-refractivity contribution in [3.8, 4) is 0 Å². The molecule has 0 aliphatic carbocycles. The molecule has 1 aromatic heterocycles. The Hall–Kier alpha value is -0.0900. The lowest BCUT2D eigenvalue weighted by atomic mass is 10.2. The molecular weight excluding hydrogens is 206 g/mol. The summed E-state index contributed by atoms with van der Waals surface area (Å²) >= 11 is 7.31. The summed E-state index contributed by atoms with van der Waals surface area (Å²) in [6, 6.07) is 3.83. The van der Waals surface area contributed by atoms with Gasteiger partial charge in [0.25, 0.3) is 0 Å². The highest BCUT2D eigenvalue weighted by Gasteiger charge is 2.08. The van der Waals surface area contributed by atoms with Crippen LogP contribution in [0.2, 0.25) is 4.34 Å². The van der Waals surface area contributed by atoms with E-state index >= 15 is 0 Å². The quantitative estimate of drug-likeness (QED) is 0.836. The van der Waals surface area contributed by atoms with Crippen LogP contribution < -0.4 is 0 Å². The maximum absolute atomic E-state index is 9.60. The number of likely N-dealkylation sites (N-methyl/N-ethyl adjacent to an activating group) is 1. The SMILES string of the molecule is CN(C)CC(O)Cc1ccc(Cl)s1. The molecular formula is C9H14ClNOS. The number of nitrogens with zero attached hydrogens (tertiary/aromatic N) is 1. The first-order chi connectivity index (χ1) is 6.08. The zero-order valence-corrected chi connectivity index (χ0v) is 9.40. The lowest BCUT2D eigenvalue weighted by molar-refractivity contribution is 0.138. The Morgan fingerprint density at radius 2 is 2.23 bits per heavy atom. The van der Waals surface area contributed by atoms with Crippen LogP contribution in [0.1, 0.15) is 4.88 Å². The molecule has 0 fully saturated rings. The van der Waals surface area contributed by atoms with Crippen molar-refractivity contribution in [1.29, 1.82) is 0 Å². The lowest BCUT2D eigenvalue weighted by Crippen LogP contribution is -2.27. The van der Waals surface area contributed by atoms with E-state index in [1.165, 1.54) is 11.3 Å². The van der Waals surface area contributed by atoms with Crippen molar-refractivity contribution in [2.75, 3.05) is 20.6 Å². The molecule has 0 aliphatic heterocycles. The zero-order chi connectivity index (χ0) is 9.84. The van der Waals surface area contributed by atoms with Gasteiger partial charge in [-0.2, -0.15) is 0 Å². The van der Waals surface area contributed by atoms with E-state index in [4.69, 9.17) is 11.6 Å². The molecule has 13 heavy (non-hydrogen) atoms. The van der Waals surface area contributed by atoms with Crippen molar-refractivity contribution in [2.24, 2.45) is 0 Å². The predicted octanol–water partition coefficient (Wildman–Crippen LogP) is 1.87. The van der Waals surface area contributed by atoms with Crippen LogP contribution in [-0.4, -0.2) is 36.8 Å². The van der Waals surface area contributed by atoms with Crippen LogP contribution in [0, 0.1) is 0 Å². The summed E-state index contributed by atoms with van der Waals surface area (Å²) in [4.78, 5) is 3.11. The number of hydrogen-bond acceptors (Lipinski definition) is 3. The molecule has 1 aromatic rings. The first-order valence-electron chi connectivity index (χ1n) is 4.15. The van der Waals surface area contributed by atoms with Gasteiger partial charge in [0.15, 0.2) is 0 Å². The van der Waals surface area contributed by atoms with E-state index in [0.29, 0.717) is 13.0 Å². The second-order valence-corrected chi connectivity index (χ2v) is 5.13. The minimum Gasteiger partial charge on any atom is -0.391 e. The van der Waals surface area contributed by atoms with Gasteiger partial charge in [-0.05, 0) is 26.2 Å². The maximum Gasteiger partial charge on any atom is 0.0931 e. The Balaban J connectivity index is 2.40. The fourth-order valence-corrected chi connectivity index (χ4v) is 2.34. The van der Waals surface area contributed by atoms with E-state index in [9.17, 15) is 5.11 Å². The Morgan fingerprint density at radius 3 is 2.69 bits per heavy atom. The topological polar surface area (TPSA) is 23.5 Å². The number of aliphatic hydroxyl groups is 1. The summed E-state index contributed by atoms with van der Waals surface area (Å²) in [7, 11) is 3.90. The molecule has 1 atom stereocenters. The van der Waals surface area contributed by atoms with E-state index in [-0.39, 0.29) is 6.10 Å². The molecule has 2 nitrogen and oxygen atoms in total. The molecule has 1 heterocycles. The molecule has 0 bridgehead atoms. The second kappa shape index (κ2) is 4.96. The Labute approximate surface area is 87.8 Å². The summed E-state index contributed by atoms with van der Waals surface area (Å²) in [6.45, 7) is 0.690. The molecule has 0 radical (unpaired) electrons. The molecule has 0 aliphatic rings. The molecule has 0 spiro atoms. The zero-order valence-electron chi connectivity index (χ0n) is 7.83. The largest absolute Gasteiger partial charge is 0.391 e. The summed E-state index contributed by atoms with van der Waals surface area (Å²) < 4.78 is 0.784. The third kappa shape index (κ3) is 4.09. The summed E-state index contributed by atoms with van der Waals surface area (Å²) in [5, 5.41) is 9.60. The monoisotopic (exact) mass is 219 g/mol. The Kier molecular flexibility index (Phi) is 4.19. The van der Waals surface area contributed by atoms with Crippen LogP contribution in [0.15, 0.2) is 12.1 Å². The molecule has 1 N–H and O–H groups in total. The van der Waals surface area contributed by atoms with E-state index in [1.807, 2.05) is 31.1 Å². The van der Waals surface area contributed by atoms with Gasteiger partial charge in [0, 0.05) is 17.8 Å². The van der Waals surface area contributed by atoms with Crippen LogP contribution in [0.25, 0.3) is 0 Å². The lowest BCUT2D eigenvalue weighted by Gasteiger charge is -2.14. The number of aliphatic hydroxyl groups excluding tert-OH is 1. The minimum absolute atomic E-state index is 0.301. The van der Waals surface area contributed by atoms with Gasteiger partial charge in [-0.15, -0.1) is 11.3 Å². The van der Waals surface area contributed by atoms with Gasteiger partial charge in [-0.25, -0.2) is 0 Å². The normalized spacial score (nSPS) is 13.6. The number of rotatable bonds is 4. The predicted molar refractivity (Wildman–Crippen MR) is 57.6 cm³/mol. The number of thiophene rings is 1. The van der Waals surface area contributed by atoms with Crippen LogP contribution in [0.5, 0.6) is 0 Å². The standard InChI is InChI=1S/C9H14ClNOS/c1-11(2)6-7(12)5-8-3-4-9(10)13-8/h3-4,7,12H,5-6H2,1-2H3. The van der Waals surface area contributed by atoms with Crippen molar-refractivity contribution >= 4 is 22.9 Å². The van der Waals surface area contributed by atoms with Gasteiger partial charge in [0.2, 0.25) is 0 Å². The van der Waals surface area contributed by atoms with Crippen LogP contribution >= 0.6 is 22.9 Å². The average Bonchev–Trinajstić information content (AvgIpc) is 2.33. The highest BCUT2D eigenvalue weighted by atomic mass is 35.5. The number of hydrogen-bond donors (Lipinski definition) is 1. The van der Waals surface area contributed by atoms with Crippen molar-refractivity contribution in [3.05, 3.63) is 21.3 Å². The average molecular weight is 220 g/mol. The maximum atomic E-state index is 9.60. The summed E-state index contributed by atoms with van der Waals surface area (Å²) in [5.74, 6) is 0. The number of halogens is 1. The van der Waals surface area contributed by atoms with Crippen molar-refractivity contribution < 1.29 is 5.11 Å². The fourth-order valence-electron chi connectivity index (χ4n) is 1.18. The highest BCUT2D eigenvalue weighted by molar-refractivity contribution is 7.16. The van der Waals surface area contributed by atoms with Crippen LogP contribution in [0.3, 0.4) is 0 Å². The van der Waals surface area contributed by atoms with Gasteiger partial charge >= 0.3 is 0 Å². The van der Waals surface area contributed by atoms with Crippen LogP contribution in [0.4, 0.5) is 0 Å². The van der Waals surface area contributed by atoms with E-state index in [0.717, 1.165) is 9.21 Å². The first-order valence-corrected chi connectivity index (χ1v) is 5.34. The molecule has 0 aromatic carbocycles. The smallest absolute Gasteiger partial charge is 0.0931 e. The van der Waals surface area contributed by atoms with Gasteiger partial charge in [0.1, 0.15) is 0 Å². The second-order valence-electron chi connectivity index (χ2n) is 3.33. The molecule has 1 unspecified atom stereocenters. The molecule has 0 saturated heterocycles. The first kappa shape index (κ1) is 11.0. The van der Waals surface area contributed by atoms with E-state index in [1.54, 1.807) is 0 Å². The highest BCUT2D eigenvalue weighted by Crippen LogP contribution is 2.22. The molecule has 0 amide bonds. The fraction of sp³-hybridized carbons (Fsp3) is 0.556. The third-order valence-electron chi connectivity index (χ3n) is 1.64. The third-order valence-corrected chi connectivity index (χ3v) is 2.90. The van der Waals surface area contributed by atoms with Crippen molar-refractivity contribution in [2.45, 2.75) is 12.5 Å². The van der Waals surface area contributed by atoms with Gasteiger partial charge in [0.05, 0.1) is 10.4 Å². The Bertz CT molecular complexity index is 262. The molecule has 74 valence electrons.